The molecule has 18 nitrogen and oxygen atoms in total. The van der Waals surface area contributed by atoms with E-state index in [1.54, 1.807) is 38.1 Å². The molecule has 63 heavy (non-hydrogen) atoms. The molecule has 3 saturated heterocycles. The third-order valence-electron chi connectivity index (χ3n) is 13.3. The van der Waals surface area contributed by atoms with Gasteiger partial charge >= 0.3 is 5.76 Å². The topological polar surface area (TPSA) is 216 Å². The summed E-state index contributed by atoms with van der Waals surface area (Å²) in [6.07, 6.45) is 7.70. The molecule has 4 amide bonds. The quantitative estimate of drug-likeness (QED) is 0.187. The van der Waals surface area contributed by atoms with Gasteiger partial charge in [-0.1, -0.05) is 6.07 Å². The fourth-order valence-corrected chi connectivity index (χ4v) is 9.91. The molecule has 0 bridgehead atoms. The van der Waals surface area contributed by atoms with Crippen LogP contribution in [0, 0.1) is 17.2 Å². The zero-order valence-electron chi connectivity index (χ0n) is 35.0. The average molecular weight is 854 g/mol. The molecule has 2 aromatic carbocycles. The van der Waals surface area contributed by atoms with Gasteiger partial charge in [0.2, 0.25) is 17.7 Å². The van der Waals surface area contributed by atoms with Crippen LogP contribution in [0.2, 0.25) is 0 Å². The fraction of sp³-hybridized carbons (Fsp3) is 0.422. The van der Waals surface area contributed by atoms with Crippen LogP contribution in [0.15, 0.2) is 70.1 Å². The molecule has 3 aliphatic heterocycles. The number of imide groups is 1. The number of oxazole rings is 1. The minimum Gasteiger partial charge on any atom is -0.405 e. The molecule has 1 saturated carbocycles. The van der Waals surface area contributed by atoms with Gasteiger partial charge in [0.05, 0.1) is 51.6 Å². The van der Waals surface area contributed by atoms with E-state index >= 15 is 0 Å². The van der Waals surface area contributed by atoms with E-state index in [0.717, 1.165) is 49.7 Å². The number of aromatic nitrogens is 5. The van der Waals surface area contributed by atoms with Crippen LogP contribution in [-0.2, 0) is 20.0 Å². The number of fused-ring (bicyclic) bond motifs is 3. The minimum absolute atomic E-state index is 0.135. The van der Waals surface area contributed by atoms with E-state index in [2.05, 4.69) is 26.7 Å². The van der Waals surface area contributed by atoms with E-state index in [-0.39, 0.29) is 36.6 Å². The highest BCUT2D eigenvalue weighted by Crippen LogP contribution is 2.37. The largest absolute Gasteiger partial charge is 0.420 e. The van der Waals surface area contributed by atoms with E-state index in [4.69, 9.17) is 9.52 Å². The number of nitriles is 1. The predicted octanol–water partition coefficient (Wildman–Crippen LogP) is 3.69. The number of carbonyl (C=O) groups is 4. The third kappa shape index (κ3) is 7.30. The molecule has 4 fully saturated rings. The number of anilines is 2. The van der Waals surface area contributed by atoms with Crippen molar-refractivity contribution in [3.05, 3.63) is 88.3 Å². The molecule has 18 heteroatoms. The number of para-hydroxylation sites is 1. The molecule has 1 atom stereocenters. The van der Waals surface area contributed by atoms with Crippen molar-refractivity contribution in [3.63, 3.8) is 0 Å². The zero-order chi connectivity index (χ0) is 43.7. The zero-order valence-corrected chi connectivity index (χ0v) is 35.0. The Morgan fingerprint density at radius 1 is 0.968 bits per heavy atom. The van der Waals surface area contributed by atoms with Crippen molar-refractivity contribution in [3.8, 4) is 6.07 Å². The summed E-state index contributed by atoms with van der Waals surface area (Å²) in [5, 5.41) is 35.8. The maximum absolute atomic E-state index is 13.6. The van der Waals surface area contributed by atoms with Crippen LogP contribution in [0.5, 0.6) is 0 Å². The summed E-state index contributed by atoms with van der Waals surface area (Å²) in [5.41, 5.74) is 3.36. The van der Waals surface area contributed by atoms with Crippen LogP contribution in [0.25, 0.3) is 27.5 Å². The van der Waals surface area contributed by atoms with Crippen LogP contribution in [0.1, 0.15) is 86.1 Å². The lowest BCUT2D eigenvalue weighted by molar-refractivity contribution is -0.139. The minimum atomic E-state index is -1.27. The number of carbonyl (C=O) groups excluding carboxylic acids is 4. The first-order valence-electron chi connectivity index (χ1n) is 21.5. The summed E-state index contributed by atoms with van der Waals surface area (Å²) in [7, 11) is 0. The summed E-state index contributed by atoms with van der Waals surface area (Å²) in [6, 6.07) is 16.0. The number of rotatable bonds is 8. The molecule has 1 aliphatic carbocycles. The molecule has 1 unspecified atom stereocenters. The van der Waals surface area contributed by atoms with Crippen molar-refractivity contribution in [1.29, 1.82) is 5.26 Å². The van der Waals surface area contributed by atoms with Crippen molar-refractivity contribution >= 4 is 62.5 Å². The summed E-state index contributed by atoms with van der Waals surface area (Å²) < 4.78 is 10.5. The van der Waals surface area contributed by atoms with E-state index in [1.165, 1.54) is 15.3 Å². The normalized spacial score (nSPS) is 21.5. The van der Waals surface area contributed by atoms with Gasteiger partial charge in [-0.25, -0.2) is 9.31 Å². The number of piperazine rings is 1. The van der Waals surface area contributed by atoms with Crippen LogP contribution < -0.4 is 21.3 Å². The number of piperidine rings is 1. The molecule has 3 N–H and O–H groups in total. The van der Waals surface area contributed by atoms with Gasteiger partial charge in [0.15, 0.2) is 5.58 Å². The average Bonchev–Trinajstić information content (AvgIpc) is 3.97. The second kappa shape index (κ2) is 15.5. The number of hydrogen-bond donors (Lipinski definition) is 3. The van der Waals surface area contributed by atoms with Crippen molar-refractivity contribution in [2.75, 3.05) is 49.5 Å². The number of amides is 4. The van der Waals surface area contributed by atoms with Gasteiger partial charge in [0.1, 0.15) is 17.8 Å². The Morgan fingerprint density at radius 2 is 1.73 bits per heavy atom. The maximum atomic E-state index is 13.6. The summed E-state index contributed by atoms with van der Waals surface area (Å²) in [4.78, 5) is 70.9. The molecule has 0 spiro atoms. The van der Waals surface area contributed by atoms with Crippen molar-refractivity contribution in [2.45, 2.75) is 76.1 Å². The van der Waals surface area contributed by atoms with Crippen LogP contribution in [0.4, 0.5) is 11.4 Å². The Balaban J connectivity index is 0.737. The van der Waals surface area contributed by atoms with Crippen LogP contribution in [-0.4, -0.2) is 108 Å². The first-order valence-corrected chi connectivity index (χ1v) is 21.5. The molecule has 7 heterocycles. The van der Waals surface area contributed by atoms with Gasteiger partial charge in [0, 0.05) is 74.6 Å². The highest BCUT2D eigenvalue weighted by molar-refractivity contribution is 6.05. The number of benzene rings is 2. The second-order valence-corrected chi connectivity index (χ2v) is 17.7. The lowest BCUT2D eigenvalue weighted by atomic mass is 9.89. The Morgan fingerprint density at radius 3 is 2.46 bits per heavy atom. The van der Waals surface area contributed by atoms with E-state index in [1.807, 2.05) is 44.9 Å². The molecular formula is C45H47N11O7. The number of nitrogens with zero attached hydrogens (tertiary/aromatic N) is 9. The van der Waals surface area contributed by atoms with Crippen molar-refractivity contribution in [1.82, 2.24) is 39.1 Å². The van der Waals surface area contributed by atoms with Gasteiger partial charge in [0.25, 0.3) is 5.91 Å². The maximum Gasteiger partial charge on any atom is 0.420 e. The third-order valence-corrected chi connectivity index (χ3v) is 13.3. The molecule has 6 aromatic rings. The first kappa shape index (κ1) is 40.2. The van der Waals surface area contributed by atoms with Gasteiger partial charge in [-0.2, -0.15) is 15.5 Å². The molecule has 4 aliphatic rings. The molecule has 10 rings (SSSR count). The number of nitrogens with one attached hydrogen (secondary N) is 2. The van der Waals surface area contributed by atoms with Crippen LogP contribution in [0.3, 0.4) is 0 Å². The summed E-state index contributed by atoms with van der Waals surface area (Å²) in [6.45, 7) is 7.31. The van der Waals surface area contributed by atoms with E-state index in [9.17, 15) is 34.3 Å². The SMILES string of the molecule is CC(C)(O)c1cc2nn(C3CCC(N4CCN(C(=O)C5CN(c6cccc7c6oc(=O)n7C6CCC(=O)NC6=O)C5)CC4)CC3)cc2cc1NC(=O)c1ccc2cc(C#N)cnn12. The standard InChI is InChI=1S/C45H47N11O7/c1-45(2,62)32-20-33-27(19-34(32)48-42(59)38-11-10-31-18-26(21-46)22-47-56(31)38)25-54(50-33)30-8-6-29(7-9-30)51-14-16-52(17-15-51)43(60)28-23-53(24-28)35-4-3-5-36-40(35)63-44(61)55(36)37-12-13-39(57)49-41(37)58/h3-5,10-11,18-20,22,25,28-30,37,62H,6-9,12-17,23-24H2,1-2H3,(H,48,59)(H,49,57,58). The molecule has 4 aromatic heterocycles. The van der Waals surface area contributed by atoms with Gasteiger partial charge < -0.3 is 24.6 Å². The van der Waals surface area contributed by atoms with Crippen molar-refractivity contribution in [2.24, 2.45) is 5.92 Å². The second-order valence-electron chi connectivity index (χ2n) is 17.7. The Hall–Kier alpha value is -6.84. The Kier molecular flexibility index (Phi) is 9.90. The van der Waals surface area contributed by atoms with E-state index < -0.39 is 29.2 Å². The highest BCUT2D eigenvalue weighted by atomic mass is 16.4. The first-order chi connectivity index (χ1) is 30.3. The Labute approximate surface area is 360 Å². The van der Waals surface area contributed by atoms with Crippen molar-refractivity contribution < 1.29 is 28.7 Å². The molecular weight excluding hydrogens is 807 g/mol. The molecule has 0 radical (unpaired) electrons. The number of hydrogen-bond acceptors (Lipinski definition) is 12. The Bertz CT molecular complexity index is 2930. The summed E-state index contributed by atoms with van der Waals surface area (Å²) in [5.74, 6) is -1.95. The monoisotopic (exact) mass is 853 g/mol. The predicted molar refractivity (Wildman–Crippen MR) is 230 cm³/mol. The smallest absolute Gasteiger partial charge is 0.405 e. The van der Waals surface area contributed by atoms with Gasteiger partial charge in [-0.15, -0.1) is 0 Å². The van der Waals surface area contributed by atoms with Gasteiger partial charge in [-0.05, 0) is 88.4 Å². The highest BCUT2D eigenvalue weighted by Gasteiger charge is 2.40. The fourth-order valence-electron chi connectivity index (χ4n) is 9.91. The summed E-state index contributed by atoms with van der Waals surface area (Å²) >= 11 is 0. The molecule has 324 valence electrons. The van der Waals surface area contributed by atoms with Crippen LogP contribution >= 0.6 is 0 Å². The number of aliphatic hydroxyl groups is 1. The lowest BCUT2D eigenvalue weighted by Gasteiger charge is -2.45. The lowest BCUT2D eigenvalue weighted by Crippen LogP contribution is -2.59. The van der Waals surface area contributed by atoms with E-state index in [0.29, 0.717) is 77.0 Å². The van der Waals surface area contributed by atoms with Gasteiger partial charge in [-0.3, -0.25) is 38.6 Å².